The second kappa shape index (κ2) is 5.95. The van der Waals surface area contributed by atoms with E-state index in [1.54, 1.807) is 0 Å². The number of para-hydroxylation sites is 1. The van der Waals surface area contributed by atoms with Gasteiger partial charge in [0.15, 0.2) is 0 Å². The van der Waals surface area contributed by atoms with E-state index in [9.17, 15) is 0 Å². The lowest BCUT2D eigenvalue weighted by molar-refractivity contribution is 0.939. The van der Waals surface area contributed by atoms with Crippen molar-refractivity contribution in [3.05, 3.63) is 88.9 Å². The molecule has 2 aromatic heterocycles. The smallest absolute Gasteiger partial charge is 0.0913 e. The molecule has 6 rings (SSSR count). The minimum absolute atomic E-state index is 0.744. The molecule has 134 valence electrons. The maximum absolute atomic E-state index is 6.36. The summed E-state index contributed by atoms with van der Waals surface area (Å²) in [5.74, 6) is 0. The average molecular weight is 381 g/mol. The van der Waals surface area contributed by atoms with Crippen molar-refractivity contribution in [3.63, 3.8) is 0 Å². The van der Waals surface area contributed by atoms with E-state index in [0.29, 0.717) is 0 Å². The number of rotatable bonds is 1. The number of H-pyrrole nitrogens is 1. The Morgan fingerprint density at radius 1 is 0.786 bits per heavy atom. The molecular formula is C25H17ClN2. The maximum Gasteiger partial charge on any atom is 0.0913 e. The maximum atomic E-state index is 6.36. The second-order valence-electron chi connectivity index (χ2n) is 7.37. The van der Waals surface area contributed by atoms with Gasteiger partial charge in [-0.1, -0.05) is 60.1 Å². The first-order valence-electron chi connectivity index (χ1n) is 9.57. The third kappa shape index (κ3) is 2.25. The molecule has 1 aliphatic rings. The molecule has 0 bridgehead atoms. The molecule has 0 amide bonds. The zero-order chi connectivity index (χ0) is 18.7. The largest absolute Gasteiger partial charge is 0.353 e. The van der Waals surface area contributed by atoms with Gasteiger partial charge in [0.1, 0.15) is 0 Å². The molecule has 3 heteroatoms. The van der Waals surface area contributed by atoms with Gasteiger partial charge in [0, 0.05) is 21.3 Å². The van der Waals surface area contributed by atoms with Gasteiger partial charge in [0.25, 0.3) is 0 Å². The number of fused-ring (bicyclic) bond motifs is 6. The SMILES string of the molecule is Clc1ccc2nc3c(c(-c4ccccc4)c2c1)CCc1c-3[nH]c2ccccc12. The first-order valence-corrected chi connectivity index (χ1v) is 9.95. The van der Waals surface area contributed by atoms with Crippen LogP contribution in [0.25, 0.3) is 44.3 Å². The Labute approximate surface area is 167 Å². The first kappa shape index (κ1) is 15.9. The summed E-state index contributed by atoms with van der Waals surface area (Å²) >= 11 is 6.36. The van der Waals surface area contributed by atoms with Gasteiger partial charge in [0.2, 0.25) is 0 Å². The van der Waals surface area contributed by atoms with Crippen LogP contribution in [0.4, 0.5) is 0 Å². The Morgan fingerprint density at radius 3 is 2.46 bits per heavy atom. The summed E-state index contributed by atoms with van der Waals surface area (Å²) in [6.07, 6.45) is 1.99. The summed E-state index contributed by atoms with van der Waals surface area (Å²) in [6, 6.07) is 25.1. The first-order chi connectivity index (χ1) is 13.8. The summed E-state index contributed by atoms with van der Waals surface area (Å²) in [4.78, 5) is 8.73. The monoisotopic (exact) mass is 380 g/mol. The van der Waals surface area contributed by atoms with E-state index >= 15 is 0 Å². The molecule has 2 heterocycles. The van der Waals surface area contributed by atoms with Crippen LogP contribution < -0.4 is 0 Å². The Balaban J connectivity index is 1.75. The predicted molar refractivity (Wildman–Crippen MR) is 117 cm³/mol. The average Bonchev–Trinajstić information content (AvgIpc) is 3.12. The van der Waals surface area contributed by atoms with E-state index in [-0.39, 0.29) is 0 Å². The topological polar surface area (TPSA) is 28.7 Å². The molecule has 0 atom stereocenters. The molecule has 0 saturated carbocycles. The molecule has 0 fully saturated rings. The highest BCUT2D eigenvalue weighted by Crippen LogP contribution is 2.43. The van der Waals surface area contributed by atoms with Crippen molar-refractivity contribution in [1.82, 2.24) is 9.97 Å². The molecule has 0 unspecified atom stereocenters. The summed E-state index contributed by atoms with van der Waals surface area (Å²) < 4.78 is 0. The summed E-state index contributed by atoms with van der Waals surface area (Å²) in [5.41, 5.74) is 9.55. The Kier molecular flexibility index (Phi) is 3.38. The number of nitrogens with zero attached hydrogens (tertiary/aromatic N) is 1. The molecule has 28 heavy (non-hydrogen) atoms. The number of aromatic nitrogens is 2. The zero-order valence-corrected chi connectivity index (χ0v) is 15.9. The van der Waals surface area contributed by atoms with Crippen LogP contribution in [0.1, 0.15) is 11.1 Å². The highest BCUT2D eigenvalue weighted by Gasteiger charge is 2.26. The van der Waals surface area contributed by atoms with Crippen molar-refractivity contribution in [2.45, 2.75) is 12.8 Å². The van der Waals surface area contributed by atoms with Crippen molar-refractivity contribution >= 4 is 33.4 Å². The third-order valence-corrected chi connectivity index (χ3v) is 6.02. The summed E-state index contributed by atoms with van der Waals surface area (Å²) in [6.45, 7) is 0. The van der Waals surface area contributed by atoms with Crippen LogP contribution in [0.3, 0.4) is 0 Å². The van der Waals surface area contributed by atoms with Gasteiger partial charge in [-0.15, -0.1) is 0 Å². The standard InChI is InChI=1S/C25H17ClN2/c26-16-10-13-22-20(14-16)23(15-6-2-1-3-7-15)19-12-11-18-17-8-4-5-9-21(17)27-24(18)25(19)28-22/h1-10,13-14,27H,11-12H2. The van der Waals surface area contributed by atoms with Crippen LogP contribution in [0.2, 0.25) is 5.02 Å². The Hall–Kier alpha value is -3.10. The minimum atomic E-state index is 0.744. The molecule has 3 aromatic carbocycles. The van der Waals surface area contributed by atoms with Crippen LogP contribution >= 0.6 is 11.6 Å². The van der Waals surface area contributed by atoms with Gasteiger partial charge in [-0.3, -0.25) is 0 Å². The molecule has 1 N–H and O–H groups in total. The van der Waals surface area contributed by atoms with Crippen molar-refractivity contribution in [2.75, 3.05) is 0 Å². The molecule has 2 nitrogen and oxygen atoms in total. The van der Waals surface area contributed by atoms with Crippen molar-refractivity contribution < 1.29 is 0 Å². The Bertz CT molecular complexity index is 1370. The molecule has 0 saturated heterocycles. The lowest BCUT2D eigenvalue weighted by Crippen LogP contribution is -2.07. The van der Waals surface area contributed by atoms with Crippen molar-refractivity contribution in [1.29, 1.82) is 0 Å². The van der Waals surface area contributed by atoms with Crippen LogP contribution in [-0.4, -0.2) is 9.97 Å². The van der Waals surface area contributed by atoms with Gasteiger partial charge in [-0.25, -0.2) is 4.98 Å². The highest BCUT2D eigenvalue weighted by atomic mass is 35.5. The lowest BCUT2D eigenvalue weighted by atomic mass is 9.85. The third-order valence-electron chi connectivity index (χ3n) is 5.79. The number of pyridine rings is 1. The van der Waals surface area contributed by atoms with Gasteiger partial charge in [0.05, 0.1) is 16.9 Å². The van der Waals surface area contributed by atoms with Crippen LogP contribution in [0, 0.1) is 0 Å². The summed E-state index contributed by atoms with van der Waals surface area (Å²) in [7, 11) is 0. The van der Waals surface area contributed by atoms with Gasteiger partial charge in [-0.05, 0) is 59.4 Å². The number of hydrogen-bond donors (Lipinski definition) is 1. The second-order valence-corrected chi connectivity index (χ2v) is 7.80. The molecule has 0 radical (unpaired) electrons. The zero-order valence-electron chi connectivity index (χ0n) is 15.2. The van der Waals surface area contributed by atoms with Crippen LogP contribution in [0.5, 0.6) is 0 Å². The molecular weight excluding hydrogens is 364 g/mol. The Morgan fingerprint density at radius 2 is 1.57 bits per heavy atom. The number of benzene rings is 3. The summed E-state index contributed by atoms with van der Waals surface area (Å²) in [5, 5.41) is 3.17. The van der Waals surface area contributed by atoms with Gasteiger partial charge >= 0.3 is 0 Å². The van der Waals surface area contributed by atoms with Crippen LogP contribution in [-0.2, 0) is 12.8 Å². The molecule has 0 aliphatic heterocycles. The fourth-order valence-electron chi connectivity index (χ4n) is 4.57. The molecule has 0 spiro atoms. The number of hydrogen-bond acceptors (Lipinski definition) is 1. The van der Waals surface area contributed by atoms with E-state index in [0.717, 1.165) is 40.2 Å². The fraction of sp³-hybridized carbons (Fsp3) is 0.0800. The number of aryl methyl sites for hydroxylation is 1. The number of halogens is 1. The van der Waals surface area contributed by atoms with E-state index < -0.39 is 0 Å². The lowest BCUT2D eigenvalue weighted by Gasteiger charge is -2.22. The van der Waals surface area contributed by atoms with Crippen molar-refractivity contribution in [3.8, 4) is 22.5 Å². The molecule has 5 aromatic rings. The number of aromatic amines is 1. The quantitative estimate of drug-likeness (QED) is 0.340. The van der Waals surface area contributed by atoms with E-state index in [1.807, 2.05) is 18.2 Å². The highest BCUT2D eigenvalue weighted by molar-refractivity contribution is 6.31. The molecule has 1 aliphatic carbocycles. The fourth-order valence-corrected chi connectivity index (χ4v) is 4.74. The minimum Gasteiger partial charge on any atom is -0.353 e. The van der Waals surface area contributed by atoms with Gasteiger partial charge in [-0.2, -0.15) is 0 Å². The predicted octanol–water partition coefficient (Wildman–Crippen LogP) is 6.80. The normalized spacial score (nSPS) is 12.9. The van der Waals surface area contributed by atoms with E-state index in [4.69, 9.17) is 16.6 Å². The van der Waals surface area contributed by atoms with E-state index in [1.165, 1.54) is 33.2 Å². The van der Waals surface area contributed by atoms with Crippen molar-refractivity contribution in [2.24, 2.45) is 0 Å². The van der Waals surface area contributed by atoms with Gasteiger partial charge < -0.3 is 4.98 Å². The number of nitrogens with one attached hydrogen (secondary N) is 1. The van der Waals surface area contributed by atoms with Crippen LogP contribution in [0.15, 0.2) is 72.8 Å². The van der Waals surface area contributed by atoms with E-state index in [2.05, 4.69) is 59.6 Å².